The van der Waals surface area contributed by atoms with Crippen molar-refractivity contribution in [2.45, 2.75) is 38.2 Å². The highest BCUT2D eigenvalue weighted by Crippen LogP contribution is 2.34. The van der Waals surface area contributed by atoms with E-state index in [1.807, 2.05) is 12.1 Å². The first-order valence-electron chi connectivity index (χ1n) is 6.21. The van der Waals surface area contributed by atoms with E-state index in [1.54, 1.807) is 7.11 Å². The lowest BCUT2D eigenvalue weighted by molar-refractivity contribution is 0.139. The van der Waals surface area contributed by atoms with Gasteiger partial charge in [0.1, 0.15) is 5.75 Å². The number of aliphatic hydroxyl groups is 1. The Kier molecular flexibility index (Phi) is 4.46. The summed E-state index contributed by atoms with van der Waals surface area (Å²) in [5, 5.41) is 9.81. The molecule has 1 fully saturated rings. The third kappa shape index (κ3) is 3.71. The molecule has 0 aromatic heterocycles. The minimum atomic E-state index is -0.0897. The van der Waals surface area contributed by atoms with Crippen LogP contribution in [0.1, 0.15) is 31.2 Å². The van der Waals surface area contributed by atoms with Crippen molar-refractivity contribution >= 4 is 15.9 Å². The molecule has 0 spiro atoms. The van der Waals surface area contributed by atoms with Gasteiger partial charge in [-0.25, -0.2) is 0 Å². The predicted molar refractivity (Wildman–Crippen MR) is 72.4 cm³/mol. The molecule has 0 aliphatic heterocycles. The molecule has 2 nitrogen and oxygen atoms in total. The molecule has 1 aromatic rings. The largest absolute Gasteiger partial charge is 0.496 e. The molecule has 0 saturated heterocycles. The van der Waals surface area contributed by atoms with Crippen LogP contribution < -0.4 is 4.74 Å². The van der Waals surface area contributed by atoms with Gasteiger partial charge < -0.3 is 9.84 Å². The van der Waals surface area contributed by atoms with Crippen LogP contribution in [0.3, 0.4) is 0 Å². The van der Waals surface area contributed by atoms with E-state index in [-0.39, 0.29) is 6.10 Å². The summed E-state index contributed by atoms with van der Waals surface area (Å²) in [5.74, 6) is 1.52. The zero-order chi connectivity index (χ0) is 12.3. The molecular formula is C14H19BrO2. The van der Waals surface area contributed by atoms with E-state index in [9.17, 15) is 5.11 Å². The van der Waals surface area contributed by atoms with Gasteiger partial charge in [0.05, 0.1) is 13.2 Å². The van der Waals surface area contributed by atoms with Gasteiger partial charge in [0.25, 0.3) is 0 Å². The van der Waals surface area contributed by atoms with Gasteiger partial charge in [0.15, 0.2) is 0 Å². The van der Waals surface area contributed by atoms with Crippen LogP contribution in [-0.4, -0.2) is 18.3 Å². The Bertz CT molecular complexity index is 374. The Hall–Kier alpha value is -0.540. The fraction of sp³-hybridized carbons (Fsp3) is 0.571. The lowest BCUT2D eigenvalue weighted by atomic mass is 10.0. The van der Waals surface area contributed by atoms with Gasteiger partial charge in [-0.1, -0.05) is 15.9 Å². The SMILES string of the molecule is COc1ccc(Br)cc1CCCC(O)C1CC1. The van der Waals surface area contributed by atoms with Crippen molar-refractivity contribution in [3.05, 3.63) is 28.2 Å². The number of ether oxygens (including phenoxy) is 1. The molecule has 3 heteroatoms. The molecule has 94 valence electrons. The number of aryl methyl sites for hydroxylation is 1. The van der Waals surface area contributed by atoms with Crippen LogP contribution in [0.15, 0.2) is 22.7 Å². The lowest BCUT2D eigenvalue weighted by Gasteiger charge is -2.11. The molecule has 1 atom stereocenters. The number of halogens is 1. The summed E-state index contributed by atoms with van der Waals surface area (Å²) in [7, 11) is 1.70. The van der Waals surface area contributed by atoms with E-state index < -0.39 is 0 Å². The monoisotopic (exact) mass is 298 g/mol. The second-order valence-corrected chi connectivity index (χ2v) is 5.67. The van der Waals surface area contributed by atoms with Crippen molar-refractivity contribution in [1.29, 1.82) is 0 Å². The van der Waals surface area contributed by atoms with Crippen molar-refractivity contribution < 1.29 is 9.84 Å². The average Bonchev–Trinajstić information content (AvgIpc) is 3.13. The molecule has 2 rings (SSSR count). The zero-order valence-corrected chi connectivity index (χ0v) is 11.7. The number of benzene rings is 1. The van der Waals surface area contributed by atoms with Gasteiger partial charge in [-0.05, 0) is 61.8 Å². The van der Waals surface area contributed by atoms with Crippen molar-refractivity contribution in [1.82, 2.24) is 0 Å². The number of rotatable bonds is 6. The summed E-state index contributed by atoms with van der Waals surface area (Å²) in [5.41, 5.74) is 1.21. The van der Waals surface area contributed by atoms with Gasteiger partial charge in [-0.15, -0.1) is 0 Å². The van der Waals surface area contributed by atoms with Gasteiger partial charge in [-0.3, -0.25) is 0 Å². The predicted octanol–water partition coefficient (Wildman–Crippen LogP) is 3.55. The molecule has 1 N–H and O–H groups in total. The van der Waals surface area contributed by atoms with Crippen LogP contribution in [0.4, 0.5) is 0 Å². The van der Waals surface area contributed by atoms with Crippen molar-refractivity contribution in [3.8, 4) is 5.75 Å². The highest BCUT2D eigenvalue weighted by Gasteiger charge is 2.28. The van der Waals surface area contributed by atoms with Gasteiger partial charge >= 0.3 is 0 Å². The van der Waals surface area contributed by atoms with Crippen molar-refractivity contribution in [3.63, 3.8) is 0 Å². The molecule has 1 aromatic carbocycles. The fourth-order valence-electron chi connectivity index (χ4n) is 2.16. The first kappa shape index (κ1) is 12.9. The van der Waals surface area contributed by atoms with Crippen LogP contribution >= 0.6 is 15.9 Å². The van der Waals surface area contributed by atoms with Crippen LogP contribution in [0.25, 0.3) is 0 Å². The topological polar surface area (TPSA) is 29.5 Å². The molecule has 0 radical (unpaired) electrons. The molecular weight excluding hydrogens is 280 g/mol. The van der Waals surface area contributed by atoms with E-state index in [0.717, 1.165) is 29.5 Å². The first-order valence-corrected chi connectivity index (χ1v) is 7.00. The Balaban J connectivity index is 1.86. The lowest BCUT2D eigenvalue weighted by Crippen LogP contribution is -2.09. The Morgan fingerprint density at radius 2 is 2.24 bits per heavy atom. The van der Waals surface area contributed by atoms with E-state index in [4.69, 9.17) is 4.74 Å². The molecule has 17 heavy (non-hydrogen) atoms. The first-order chi connectivity index (χ1) is 8.20. The molecule has 0 heterocycles. The minimum Gasteiger partial charge on any atom is -0.496 e. The number of methoxy groups -OCH3 is 1. The standard InChI is InChI=1S/C14H19BrO2/c1-17-14-8-7-12(15)9-11(14)3-2-4-13(16)10-5-6-10/h7-10,13,16H,2-6H2,1H3. The number of hydrogen-bond acceptors (Lipinski definition) is 2. The molecule has 0 bridgehead atoms. The van der Waals surface area contributed by atoms with Crippen LogP contribution in [0.2, 0.25) is 0 Å². The quantitative estimate of drug-likeness (QED) is 0.870. The molecule has 1 saturated carbocycles. The van der Waals surface area contributed by atoms with Crippen LogP contribution in [0.5, 0.6) is 5.75 Å². The van der Waals surface area contributed by atoms with Crippen molar-refractivity contribution in [2.24, 2.45) is 5.92 Å². The van der Waals surface area contributed by atoms with Gasteiger partial charge in [0.2, 0.25) is 0 Å². The third-order valence-corrected chi connectivity index (χ3v) is 3.85. The average molecular weight is 299 g/mol. The van der Waals surface area contributed by atoms with Gasteiger partial charge in [0, 0.05) is 4.47 Å². The van der Waals surface area contributed by atoms with E-state index in [2.05, 4.69) is 22.0 Å². The summed E-state index contributed by atoms with van der Waals surface area (Å²) in [6.07, 6.45) is 5.22. The number of hydrogen-bond donors (Lipinski definition) is 1. The summed E-state index contributed by atoms with van der Waals surface area (Å²) in [4.78, 5) is 0. The maximum Gasteiger partial charge on any atom is 0.122 e. The molecule has 1 aliphatic rings. The second-order valence-electron chi connectivity index (χ2n) is 4.75. The third-order valence-electron chi connectivity index (χ3n) is 3.35. The van der Waals surface area contributed by atoms with E-state index in [1.165, 1.54) is 18.4 Å². The van der Waals surface area contributed by atoms with Crippen molar-refractivity contribution in [2.75, 3.05) is 7.11 Å². The summed E-state index contributed by atoms with van der Waals surface area (Å²) < 4.78 is 6.41. The second kappa shape index (κ2) is 5.87. The van der Waals surface area contributed by atoms with E-state index >= 15 is 0 Å². The molecule has 1 aliphatic carbocycles. The number of aliphatic hydroxyl groups excluding tert-OH is 1. The Morgan fingerprint density at radius 3 is 2.88 bits per heavy atom. The minimum absolute atomic E-state index is 0.0897. The zero-order valence-electron chi connectivity index (χ0n) is 10.2. The summed E-state index contributed by atoms with van der Waals surface area (Å²) in [6.45, 7) is 0. The van der Waals surface area contributed by atoms with Crippen LogP contribution in [-0.2, 0) is 6.42 Å². The van der Waals surface area contributed by atoms with E-state index in [0.29, 0.717) is 5.92 Å². The fourth-order valence-corrected chi connectivity index (χ4v) is 2.57. The highest BCUT2D eigenvalue weighted by atomic mass is 79.9. The maximum atomic E-state index is 9.81. The van der Waals surface area contributed by atoms with Crippen LogP contribution in [0, 0.1) is 5.92 Å². The summed E-state index contributed by atoms with van der Waals surface area (Å²) >= 11 is 3.47. The highest BCUT2D eigenvalue weighted by molar-refractivity contribution is 9.10. The Morgan fingerprint density at radius 1 is 1.47 bits per heavy atom. The molecule has 1 unspecified atom stereocenters. The van der Waals surface area contributed by atoms with Gasteiger partial charge in [-0.2, -0.15) is 0 Å². The Labute approximate surface area is 111 Å². The molecule has 0 amide bonds. The smallest absolute Gasteiger partial charge is 0.122 e. The maximum absolute atomic E-state index is 9.81. The summed E-state index contributed by atoms with van der Waals surface area (Å²) in [6, 6.07) is 6.07. The normalized spacial score (nSPS) is 16.9.